The molecule has 13 nitrogen and oxygen atoms in total. The number of primary sulfonamides is 1. The molecule has 0 radical (unpaired) electrons. The molecule has 4 N–H and O–H groups in total. The van der Waals surface area contributed by atoms with Gasteiger partial charge in [0.15, 0.2) is 0 Å². The molecule has 0 saturated carbocycles. The van der Waals surface area contributed by atoms with Gasteiger partial charge in [0.2, 0.25) is 20.0 Å². The van der Waals surface area contributed by atoms with Gasteiger partial charge in [-0.25, -0.2) is 22.0 Å². The molecule has 0 spiro atoms. The molecule has 0 fully saturated rings. The molecule has 2 heterocycles. The Kier molecular flexibility index (Phi) is 11.6. The van der Waals surface area contributed by atoms with E-state index in [2.05, 4.69) is 10.2 Å². The lowest BCUT2D eigenvalue weighted by molar-refractivity contribution is 0.168. The maximum atomic E-state index is 13.4. The summed E-state index contributed by atoms with van der Waals surface area (Å²) in [7, 11) is -5.89. The Bertz CT molecular complexity index is 1660. The second-order valence-corrected chi connectivity index (χ2v) is 13.6. The van der Waals surface area contributed by atoms with Crippen LogP contribution in [0.15, 0.2) is 83.1 Å². The topological polar surface area (TPSA) is 183 Å². The molecule has 0 saturated heterocycles. The predicted octanol–water partition coefficient (Wildman–Crippen LogP) is 1.88. The molecule has 2 aromatic carbocycles. The van der Waals surface area contributed by atoms with E-state index < -0.39 is 32.3 Å². The Balaban J connectivity index is 0.000000326. The third kappa shape index (κ3) is 10.3. The predicted molar refractivity (Wildman–Crippen MR) is 160 cm³/mol. The summed E-state index contributed by atoms with van der Waals surface area (Å²) in [6.07, 6.45) is 4.02. The van der Waals surface area contributed by atoms with Crippen molar-refractivity contribution < 1.29 is 31.8 Å². The van der Waals surface area contributed by atoms with Gasteiger partial charge in [0.25, 0.3) is 0 Å². The van der Waals surface area contributed by atoms with E-state index in [1.807, 2.05) is 55.5 Å². The summed E-state index contributed by atoms with van der Waals surface area (Å²) in [5.41, 5.74) is 2.86. The van der Waals surface area contributed by atoms with E-state index >= 15 is 0 Å². The van der Waals surface area contributed by atoms with Crippen molar-refractivity contribution in [3.05, 3.63) is 90.0 Å². The van der Waals surface area contributed by atoms with E-state index in [1.54, 1.807) is 21.0 Å². The molecule has 0 aliphatic carbocycles. The fraction of sp³-hybridized carbons (Fsp3) is 0.357. The normalized spacial score (nSPS) is 13.3. The second-order valence-electron chi connectivity index (χ2n) is 10.1. The number of sulfonamides is 2. The van der Waals surface area contributed by atoms with Crippen molar-refractivity contribution in [1.29, 1.82) is 0 Å². The molecule has 2 atom stereocenters. The van der Waals surface area contributed by atoms with Gasteiger partial charge in [-0.2, -0.15) is 14.5 Å². The average molecular weight is 635 g/mol. The van der Waals surface area contributed by atoms with Crippen molar-refractivity contribution in [2.45, 2.75) is 68.9 Å². The molecule has 15 heteroatoms. The van der Waals surface area contributed by atoms with E-state index in [9.17, 15) is 21.9 Å². The van der Waals surface area contributed by atoms with E-state index in [4.69, 9.17) is 15.0 Å². The summed E-state index contributed by atoms with van der Waals surface area (Å²) >= 11 is 0. The Morgan fingerprint density at radius 2 is 1.26 bits per heavy atom. The van der Waals surface area contributed by atoms with Crippen LogP contribution in [0.3, 0.4) is 0 Å². The number of methoxy groups -OCH3 is 1. The van der Waals surface area contributed by atoms with Gasteiger partial charge in [-0.3, -0.25) is 9.36 Å². The zero-order chi connectivity index (χ0) is 31.8. The lowest BCUT2D eigenvalue weighted by Crippen LogP contribution is -2.30. The van der Waals surface area contributed by atoms with Gasteiger partial charge in [-0.1, -0.05) is 42.0 Å². The van der Waals surface area contributed by atoms with E-state index in [-0.39, 0.29) is 36.0 Å². The number of rotatable bonds is 12. The summed E-state index contributed by atoms with van der Waals surface area (Å²) in [5, 5.41) is 31.2. The number of ether oxygens (including phenoxy) is 1. The van der Waals surface area contributed by atoms with Crippen molar-refractivity contribution in [1.82, 2.24) is 23.9 Å². The average Bonchev–Trinajstić information content (AvgIpc) is 3.60. The SMILES string of the molecule is COc1ccc(CN(Cc2ccc(C)cc2)S(=O)(=O)c2cnn(C[C@@H](C)O)c2)cc1.C[C@@H](O)Cn1cc(S(N)(=O)=O)cn1. The molecule has 234 valence electrons. The summed E-state index contributed by atoms with van der Waals surface area (Å²) in [4.78, 5) is 0.0527. The number of aliphatic hydroxyl groups is 2. The second kappa shape index (κ2) is 14.7. The summed E-state index contributed by atoms with van der Waals surface area (Å²) in [6, 6.07) is 15.1. The number of hydrogen-bond donors (Lipinski definition) is 3. The Labute approximate surface area is 252 Å². The molecule has 43 heavy (non-hydrogen) atoms. The Hall–Kier alpha value is -3.60. The molecular weight excluding hydrogens is 596 g/mol. The smallest absolute Gasteiger partial charge is 0.246 e. The van der Waals surface area contributed by atoms with Gasteiger partial charge in [0, 0.05) is 25.5 Å². The maximum Gasteiger partial charge on any atom is 0.246 e. The minimum absolute atomic E-state index is 0.0480. The fourth-order valence-corrected chi connectivity index (χ4v) is 5.75. The van der Waals surface area contributed by atoms with E-state index in [1.165, 1.54) is 32.3 Å². The summed E-state index contributed by atoms with van der Waals surface area (Å²) in [6.45, 7) is 6.12. The number of nitrogens with zero attached hydrogens (tertiary/aromatic N) is 5. The molecule has 2 aromatic heterocycles. The van der Waals surface area contributed by atoms with Gasteiger partial charge >= 0.3 is 0 Å². The minimum Gasteiger partial charge on any atom is -0.497 e. The highest BCUT2D eigenvalue weighted by Gasteiger charge is 2.27. The van der Waals surface area contributed by atoms with Crippen LogP contribution in [0.25, 0.3) is 0 Å². The van der Waals surface area contributed by atoms with Crippen LogP contribution >= 0.6 is 0 Å². The van der Waals surface area contributed by atoms with Crippen LogP contribution in [-0.2, 0) is 46.2 Å². The lowest BCUT2D eigenvalue weighted by Gasteiger charge is -2.22. The fourth-order valence-electron chi connectivity index (χ4n) is 3.92. The van der Waals surface area contributed by atoms with Crippen LogP contribution in [0, 0.1) is 6.92 Å². The van der Waals surface area contributed by atoms with Crippen molar-refractivity contribution in [2.75, 3.05) is 7.11 Å². The lowest BCUT2D eigenvalue weighted by atomic mass is 10.1. The standard InChI is InChI=1S/C22H27N3O4S.C6H11N3O3S/c1-17-4-6-19(7-5-17)14-25(15-20-8-10-21(29-3)11-9-20)30(27,28)22-12-23-24(16-22)13-18(2)26;1-5(10)3-9-4-6(2-8-9)13(7,11)12/h4-12,16,18,26H,13-15H2,1-3H3;2,4-5,10H,3H2,1H3,(H2,7,11,12)/t18-;5-/m11/s1. The first-order valence-electron chi connectivity index (χ1n) is 13.3. The summed E-state index contributed by atoms with van der Waals surface area (Å²) in [5.74, 6) is 0.714. The first-order chi connectivity index (χ1) is 20.2. The van der Waals surface area contributed by atoms with Gasteiger partial charge < -0.3 is 14.9 Å². The zero-order valence-corrected chi connectivity index (χ0v) is 26.1. The first kappa shape index (κ1) is 33.9. The number of hydrogen-bond acceptors (Lipinski definition) is 9. The van der Waals surface area contributed by atoms with E-state index in [0.29, 0.717) is 5.75 Å². The van der Waals surface area contributed by atoms with Crippen LogP contribution < -0.4 is 9.88 Å². The maximum absolute atomic E-state index is 13.4. The largest absolute Gasteiger partial charge is 0.497 e. The number of aliphatic hydroxyl groups excluding tert-OH is 2. The zero-order valence-electron chi connectivity index (χ0n) is 24.5. The summed E-state index contributed by atoms with van der Waals surface area (Å²) < 4.78 is 57.8. The Morgan fingerprint density at radius 3 is 1.67 bits per heavy atom. The quantitative estimate of drug-likeness (QED) is 0.209. The molecule has 0 aliphatic heterocycles. The molecular formula is C28H38N6O7S2. The highest BCUT2D eigenvalue weighted by atomic mass is 32.2. The number of nitrogens with two attached hydrogens (primary N) is 1. The Morgan fingerprint density at radius 1 is 0.814 bits per heavy atom. The van der Waals surface area contributed by atoms with Gasteiger partial charge in [0.05, 0.1) is 44.8 Å². The molecule has 4 rings (SSSR count). The molecule has 0 amide bonds. The highest BCUT2D eigenvalue weighted by molar-refractivity contribution is 7.89. The third-order valence-corrected chi connectivity index (χ3v) is 8.70. The molecule has 0 unspecified atom stereocenters. The minimum atomic E-state index is -3.80. The molecule has 0 aliphatic rings. The van der Waals surface area contributed by atoms with Crippen molar-refractivity contribution in [3.8, 4) is 5.75 Å². The van der Waals surface area contributed by atoms with Crippen LogP contribution in [0.2, 0.25) is 0 Å². The molecule has 4 aromatic rings. The highest BCUT2D eigenvalue weighted by Crippen LogP contribution is 2.22. The first-order valence-corrected chi connectivity index (χ1v) is 16.3. The molecule has 0 bridgehead atoms. The van der Waals surface area contributed by atoms with Crippen molar-refractivity contribution in [2.24, 2.45) is 5.14 Å². The van der Waals surface area contributed by atoms with Crippen LogP contribution in [0.4, 0.5) is 0 Å². The number of aromatic nitrogens is 4. The van der Waals surface area contributed by atoms with Gasteiger partial charge in [-0.15, -0.1) is 0 Å². The van der Waals surface area contributed by atoms with Crippen LogP contribution in [0.5, 0.6) is 5.75 Å². The monoisotopic (exact) mass is 634 g/mol. The number of benzene rings is 2. The van der Waals surface area contributed by atoms with Crippen LogP contribution in [-0.4, -0.2) is 70.2 Å². The van der Waals surface area contributed by atoms with Crippen molar-refractivity contribution >= 4 is 20.0 Å². The van der Waals surface area contributed by atoms with Gasteiger partial charge in [0.1, 0.15) is 15.5 Å². The third-order valence-electron chi connectivity index (χ3n) is 6.09. The van der Waals surface area contributed by atoms with E-state index in [0.717, 1.165) is 22.9 Å². The van der Waals surface area contributed by atoms with Gasteiger partial charge in [-0.05, 0) is 44.0 Å². The van der Waals surface area contributed by atoms with Crippen LogP contribution in [0.1, 0.15) is 30.5 Å². The van der Waals surface area contributed by atoms with Crippen molar-refractivity contribution in [3.63, 3.8) is 0 Å². The number of aryl methyl sites for hydroxylation is 1.